The number of nitrogens with one attached hydrogen (secondary N) is 2. The number of amides is 2. The third kappa shape index (κ3) is 4.43. The summed E-state index contributed by atoms with van der Waals surface area (Å²) in [5, 5.41) is 14.2. The molecule has 0 atom stereocenters. The molecule has 0 aliphatic rings. The van der Waals surface area contributed by atoms with E-state index in [1.165, 1.54) is 0 Å². The van der Waals surface area contributed by atoms with E-state index in [0.717, 1.165) is 23.2 Å². The maximum Gasteiger partial charge on any atom is 0.233 e. The number of hydrogen-bond donors (Lipinski definition) is 2. The van der Waals surface area contributed by atoms with Gasteiger partial charge in [0.05, 0.1) is 11.6 Å². The van der Waals surface area contributed by atoms with Gasteiger partial charge in [0, 0.05) is 11.4 Å². The molecular formula is C19H19N3O2. The van der Waals surface area contributed by atoms with Crippen LogP contribution in [0.4, 0.5) is 11.4 Å². The summed E-state index contributed by atoms with van der Waals surface area (Å²) in [5.74, 6) is -0.756. The molecule has 0 fully saturated rings. The highest BCUT2D eigenvalue weighted by molar-refractivity contribution is 6.08. The molecule has 0 saturated carbocycles. The number of hydrogen-bond acceptors (Lipinski definition) is 3. The summed E-state index contributed by atoms with van der Waals surface area (Å²) in [4.78, 5) is 24.1. The Morgan fingerprint density at radius 2 is 1.71 bits per heavy atom. The van der Waals surface area contributed by atoms with Crippen molar-refractivity contribution in [3.63, 3.8) is 0 Å². The average Bonchev–Trinajstić information content (AvgIpc) is 2.57. The molecule has 0 heterocycles. The van der Waals surface area contributed by atoms with E-state index in [1.54, 1.807) is 24.3 Å². The van der Waals surface area contributed by atoms with Crippen molar-refractivity contribution < 1.29 is 9.59 Å². The van der Waals surface area contributed by atoms with Crippen LogP contribution >= 0.6 is 0 Å². The molecule has 2 rings (SSSR count). The van der Waals surface area contributed by atoms with Crippen LogP contribution in [-0.4, -0.2) is 11.8 Å². The highest BCUT2D eigenvalue weighted by Gasteiger charge is 2.13. The minimum atomic E-state index is -0.399. The lowest BCUT2D eigenvalue weighted by molar-refractivity contribution is -0.123. The van der Waals surface area contributed by atoms with Crippen LogP contribution in [0.1, 0.15) is 30.0 Å². The summed E-state index contributed by atoms with van der Waals surface area (Å²) in [6, 6.07) is 14.3. The Labute approximate surface area is 141 Å². The summed E-state index contributed by atoms with van der Waals surface area (Å²) in [7, 11) is 0. The zero-order chi connectivity index (χ0) is 17.5. The number of nitriles is 1. The molecule has 0 unspecified atom stereocenters. The van der Waals surface area contributed by atoms with Crippen LogP contribution in [-0.2, 0) is 16.0 Å². The van der Waals surface area contributed by atoms with Crippen LogP contribution in [0, 0.1) is 18.3 Å². The number of para-hydroxylation sites is 1. The van der Waals surface area contributed by atoms with Crippen molar-refractivity contribution in [2.45, 2.75) is 26.7 Å². The largest absolute Gasteiger partial charge is 0.326 e. The van der Waals surface area contributed by atoms with Gasteiger partial charge in [-0.15, -0.1) is 0 Å². The van der Waals surface area contributed by atoms with E-state index in [1.807, 2.05) is 38.1 Å². The van der Waals surface area contributed by atoms with Gasteiger partial charge in [-0.25, -0.2) is 0 Å². The van der Waals surface area contributed by atoms with E-state index in [4.69, 9.17) is 5.26 Å². The Kier molecular flexibility index (Phi) is 5.69. The van der Waals surface area contributed by atoms with Gasteiger partial charge in [-0.1, -0.05) is 25.1 Å². The molecule has 0 spiro atoms. The van der Waals surface area contributed by atoms with Gasteiger partial charge in [-0.3, -0.25) is 9.59 Å². The number of carbonyl (C=O) groups is 2. The van der Waals surface area contributed by atoms with Gasteiger partial charge in [0.15, 0.2) is 0 Å². The summed E-state index contributed by atoms with van der Waals surface area (Å²) in [6.45, 7) is 3.94. The SMILES string of the molecule is CCc1cccc(C)c1NC(=O)CC(=O)Nc1ccc(C#N)cc1. The molecule has 2 aromatic carbocycles. The fourth-order valence-corrected chi connectivity index (χ4v) is 2.36. The van der Waals surface area contributed by atoms with Crippen LogP contribution in [0.3, 0.4) is 0 Å². The lowest BCUT2D eigenvalue weighted by Crippen LogP contribution is -2.22. The molecule has 5 nitrogen and oxygen atoms in total. The fourth-order valence-electron chi connectivity index (χ4n) is 2.36. The summed E-state index contributed by atoms with van der Waals surface area (Å²) in [6.07, 6.45) is 0.534. The molecule has 0 aliphatic carbocycles. The van der Waals surface area contributed by atoms with Crippen molar-refractivity contribution in [1.82, 2.24) is 0 Å². The molecule has 122 valence electrons. The Balaban J connectivity index is 1.97. The molecular weight excluding hydrogens is 302 g/mol. The maximum atomic E-state index is 12.1. The predicted molar refractivity (Wildman–Crippen MR) is 93.6 cm³/mol. The van der Waals surface area contributed by atoms with Gasteiger partial charge in [0.2, 0.25) is 11.8 Å². The minimum Gasteiger partial charge on any atom is -0.326 e. The van der Waals surface area contributed by atoms with E-state index in [9.17, 15) is 9.59 Å². The van der Waals surface area contributed by atoms with Crippen molar-refractivity contribution in [2.75, 3.05) is 10.6 Å². The quantitative estimate of drug-likeness (QED) is 0.828. The highest BCUT2D eigenvalue weighted by atomic mass is 16.2. The first-order valence-electron chi connectivity index (χ1n) is 7.72. The first-order valence-corrected chi connectivity index (χ1v) is 7.72. The van der Waals surface area contributed by atoms with E-state index in [-0.39, 0.29) is 12.3 Å². The second-order valence-electron chi connectivity index (χ2n) is 5.42. The zero-order valence-corrected chi connectivity index (χ0v) is 13.7. The topological polar surface area (TPSA) is 82.0 Å². The number of carbonyl (C=O) groups excluding carboxylic acids is 2. The molecule has 2 amide bonds. The summed E-state index contributed by atoms with van der Waals surface area (Å²) < 4.78 is 0. The van der Waals surface area contributed by atoms with Crippen LogP contribution in [0.5, 0.6) is 0 Å². The maximum absolute atomic E-state index is 12.1. The standard InChI is InChI=1S/C19H19N3O2/c1-3-15-6-4-5-13(2)19(15)22-18(24)11-17(23)21-16-9-7-14(12-20)8-10-16/h4-10H,3,11H2,1-2H3,(H,21,23)(H,22,24). The minimum absolute atomic E-state index is 0.266. The molecule has 0 aliphatic heterocycles. The lowest BCUT2D eigenvalue weighted by atomic mass is 10.1. The first-order chi connectivity index (χ1) is 11.5. The second kappa shape index (κ2) is 7.93. The Bertz CT molecular complexity index is 789. The van der Waals surface area contributed by atoms with E-state index in [2.05, 4.69) is 10.6 Å². The highest BCUT2D eigenvalue weighted by Crippen LogP contribution is 2.21. The van der Waals surface area contributed by atoms with Crippen LogP contribution in [0.2, 0.25) is 0 Å². The molecule has 24 heavy (non-hydrogen) atoms. The van der Waals surface area contributed by atoms with E-state index < -0.39 is 5.91 Å². The predicted octanol–water partition coefficient (Wildman–Crippen LogP) is 3.40. The van der Waals surface area contributed by atoms with Gasteiger partial charge in [0.25, 0.3) is 0 Å². The number of anilines is 2. The Morgan fingerprint density at radius 3 is 2.33 bits per heavy atom. The van der Waals surface area contributed by atoms with Crippen LogP contribution < -0.4 is 10.6 Å². The molecule has 0 radical (unpaired) electrons. The third-order valence-corrected chi connectivity index (χ3v) is 3.62. The fraction of sp³-hybridized carbons (Fsp3) is 0.211. The van der Waals surface area contributed by atoms with Crippen molar-refractivity contribution in [1.29, 1.82) is 5.26 Å². The summed E-state index contributed by atoms with van der Waals surface area (Å²) >= 11 is 0. The Morgan fingerprint density at radius 1 is 1.04 bits per heavy atom. The molecule has 2 N–H and O–H groups in total. The zero-order valence-electron chi connectivity index (χ0n) is 13.7. The van der Waals surface area contributed by atoms with Crippen molar-refractivity contribution >= 4 is 23.2 Å². The number of rotatable bonds is 5. The van der Waals surface area contributed by atoms with Crippen LogP contribution in [0.15, 0.2) is 42.5 Å². The molecule has 0 saturated heterocycles. The van der Waals surface area contributed by atoms with Gasteiger partial charge < -0.3 is 10.6 Å². The van der Waals surface area contributed by atoms with Gasteiger partial charge in [-0.05, 0) is 48.7 Å². The molecule has 0 bridgehead atoms. The third-order valence-electron chi connectivity index (χ3n) is 3.62. The monoisotopic (exact) mass is 321 g/mol. The van der Waals surface area contributed by atoms with Crippen molar-refractivity contribution in [3.8, 4) is 6.07 Å². The number of nitrogens with zero attached hydrogens (tertiary/aromatic N) is 1. The number of aryl methyl sites for hydroxylation is 2. The van der Waals surface area contributed by atoms with Crippen LogP contribution in [0.25, 0.3) is 0 Å². The first kappa shape index (κ1) is 17.2. The van der Waals surface area contributed by atoms with Crippen molar-refractivity contribution in [2.24, 2.45) is 0 Å². The van der Waals surface area contributed by atoms with E-state index in [0.29, 0.717) is 11.3 Å². The van der Waals surface area contributed by atoms with E-state index >= 15 is 0 Å². The second-order valence-corrected chi connectivity index (χ2v) is 5.42. The number of benzene rings is 2. The van der Waals surface area contributed by atoms with Gasteiger partial charge in [-0.2, -0.15) is 5.26 Å². The van der Waals surface area contributed by atoms with Gasteiger partial charge in [0.1, 0.15) is 6.42 Å². The van der Waals surface area contributed by atoms with Gasteiger partial charge >= 0.3 is 0 Å². The Hall–Kier alpha value is -3.13. The average molecular weight is 321 g/mol. The van der Waals surface area contributed by atoms with Crippen molar-refractivity contribution in [3.05, 3.63) is 59.2 Å². The normalized spacial score (nSPS) is 9.88. The molecule has 0 aromatic heterocycles. The summed E-state index contributed by atoms with van der Waals surface area (Å²) in [5.41, 5.74) is 3.84. The smallest absolute Gasteiger partial charge is 0.233 e. The lowest BCUT2D eigenvalue weighted by Gasteiger charge is -2.13. The molecule has 2 aromatic rings. The molecule has 5 heteroatoms.